The van der Waals surface area contributed by atoms with Crippen molar-refractivity contribution < 1.29 is 27.5 Å². The Kier molecular flexibility index (Phi) is 9.78. The second-order valence-corrected chi connectivity index (χ2v) is 9.06. The molecular weight excluding hydrogens is 331 g/mol. The predicted octanol–water partition coefficient (Wildman–Crippen LogP) is 4.01. The Morgan fingerprint density at radius 1 is 1.04 bits per heavy atom. The summed E-state index contributed by atoms with van der Waals surface area (Å²) >= 11 is 0. The van der Waals surface area contributed by atoms with Gasteiger partial charge in [-0.15, -0.1) is 0 Å². The van der Waals surface area contributed by atoms with E-state index in [-0.39, 0.29) is 22.8 Å². The highest BCUT2D eigenvalue weighted by Gasteiger charge is 2.42. The van der Waals surface area contributed by atoms with E-state index in [0.29, 0.717) is 0 Å². The Morgan fingerprint density at radius 3 is 1.70 bits per heavy atom. The molecule has 0 rings (SSSR count). The monoisotopic (exact) mass is 359 g/mol. The number of ketones is 1. The number of halogens is 3. The van der Waals surface area contributed by atoms with Gasteiger partial charge in [0.15, 0.2) is 5.78 Å². The van der Waals surface area contributed by atoms with Crippen molar-refractivity contribution in [3.63, 3.8) is 0 Å². The van der Waals surface area contributed by atoms with Crippen molar-refractivity contribution in [2.45, 2.75) is 53.3 Å². The highest BCUT2D eigenvalue weighted by Crippen LogP contribution is 2.36. The third kappa shape index (κ3) is 15.6. The summed E-state index contributed by atoms with van der Waals surface area (Å²) in [6.45, 7) is 8.76. The topological polar surface area (TPSA) is 55.4 Å². The average molecular weight is 359 g/mol. The third-order valence-electron chi connectivity index (χ3n) is 2.02. The molecule has 0 aliphatic rings. The molecule has 0 bridgehead atoms. The first-order valence-corrected chi connectivity index (χ1v) is 9.04. The quantitative estimate of drug-likeness (QED) is 0.775. The van der Waals surface area contributed by atoms with Gasteiger partial charge in [0.25, 0.3) is 0 Å². The van der Waals surface area contributed by atoms with Gasteiger partial charge in [0.2, 0.25) is 0 Å². The molecule has 0 aromatic rings. The van der Waals surface area contributed by atoms with Gasteiger partial charge >= 0.3 is 12.3 Å². The Hall–Kier alpha value is -1.05. The molecule has 0 saturated carbocycles. The smallest absolute Gasteiger partial charge is 0.408 e. The van der Waals surface area contributed by atoms with E-state index in [1.807, 2.05) is 12.5 Å². The molecule has 8 heteroatoms. The molecule has 0 fully saturated rings. The van der Waals surface area contributed by atoms with E-state index in [9.17, 15) is 22.8 Å². The number of alkyl carbamates (subject to hydrolysis) is 1. The lowest BCUT2D eigenvalue weighted by Crippen LogP contribution is -2.35. The van der Waals surface area contributed by atoms with Crippen molar-refractivity contribution in [1.29, 1.82) is 0 Å². The highest BCUT2D eigenvalue weighted by atomic mass is 32.2. The molecule has 0 saturated heterocycles. The minimum atomic E-state index is -4.06. The summed E-state index contributed by atoms with van der Waals surface area (Å²) in [6, 6.07) is 0. The Balaban J connectivity index is 0. The highest BCUT2D eigenvalue weighted by molar-refractivity contribution is 8.14. The van der Waals surface area contributed by atoms with E-state index in [1.54, 1.807) is 26.1 Å². The lowest BCUT2D eigenvalue weighted by Gasteiger charge is -2.21. The van der Waals surface area contributed by atoms with E-state index in [4.69, 9.17) is 4.74 Å². The van der Waals surface area contributed by atoms with Gasteiger partial charge in [-0.3, -0.25) is 4.79 Å². The summed E-state index contributed by atoms with van der Waals surface area (Å²) in [6.07, 6.45) is -0.750. The molecule has 138 valence electrons. The van der Waals surface area contributed by atoms with Gasteiger partial charge < -0.3 is 10.1 Å². The minimum Gasteiger partial charge on any atom is -0.444 e. The molecule has 1 amide bonds. The second-order valence-electron chi connectivity index (χ2n) is 7.07. The molecule has 0 spiro atoms. The number of ether oxygens (including phenoxy) is 1. The Morgan fingerprint density at radius 2 is 1.43 bits per heavy atom. The first-order chi connectivity index (χ1) is 9.95. The molecule has 0 unspecified atom stereocenters. The number of rotatable bonds is 3. The van der Waals surface area contributed by atoms with Crippen LogP contribution in [-0.2, 0) is 9.53 Å². The molecular formula is C15H28F3NO3S. The zero-order valence-corrected chi connectivity index (χ0v) is 15.9. The largest absolute Gasteiger partial charge is 0.444 e. The maximum Gasteiger partial charge on any atom is 0.408 e. The Labute approximate surface area is 139 Å². The molecule has 23 heavy (non-hydrogen) atoms. The molecule has 0 aromatic carbocycles. The molecule has 0 aliphatic heterocycles. The van der Waals surface area contributed by atoms with Crippen LogP contribution >= 0.6 is 10.5 Å². The predicted molar refractivity (Wildman–Crippen MR) is 90.3 cm³/mol. The number of hydrogen-bond acceptors (Lipinski definition) is 3. The van der Waals surface area contributed by atoms with Gasteiger partial charge in [0.05, 0.1) is 12.0 Å². The number of nitrogens with one attached hydrogen (secondary N) is 1. The molecule has 0 heterocycles. The zero-order valence-electron chi connectivity index (χ0n) is 15.1. The minimum absolute atomic E-state index is 0.0000926. The average Bonchev–Trinajstić information content (AvgIpc) is 2.21. The van der Waals surface area contributed by atoms with Crippen molar-refractivity contribution >= 4 is 27.7 Å². The van der Waals surface area contributed by atoms with Crippen LogP contribution in [-0.4, -0.2) is 48.1 Å². The first-order valence-electron chi connectivity index (χ1n) is 6.93. The number of Topliss-reactive ketones (excluding diaryl/α,β-unsaturated/α-hetero) is 1. The fourth-order valence-corrected chi connectivity index (χ4v) is 1.39. The summed E-state index contributed by atoms with van der Waals surface area (Å²) in [7, 11) is -0.0461. The van der Waals surface area contributed by atoms with E-state index < -0.39 is 23.3 Å². The maximum absolute atomic E-state index is 11.6. The van der Waals surface area contributed by atoms with Gasteiger partial charge in [0.1, 0.15) is 5.60 Å². The van der Waals surface area contributed by atoms with Crippen LogP contribution < -0.4 is 5.32 Å². The van der Waals surface area contributed by atoms with Crippen molar-refractivity contribution in [3.05, 3.63) is 0 Å². The second kappa shape index (κ2) is 9.30. The Bertz CT molecular complexity index is 417. The summed E-state index contributed by atoms with van der Waals surface area (Å²) in [5.74, 6) is -0.0887. The SMILES string of the molecule is CC(C)(C)C(F)(F)F.CS(C)=CC(=O)CNC(=O)OC(C)(C)C. The lowest BCUT2D eigenvalue weighted by atomic mass is 9.96. The molecule has 0 radical (unpaired) electrons. The van der Waals surface area contributed by atoms with Gasteiger partial charge in [-0.1, -0.05) is 20.8 Å². The van der Waals surface area contributed by atoms with E-state index in [1.165, 1.54) is 0 Å². The molecule has 1 N–H and O–H groups in total. The third-order valence-corrected chi connectivity index (χ3v) is 2.76. The van der Waals surface area contributed by atoms with Crippen LogP contribution in [0.15, 0.2) is 0 Å². The summed E-state index contributed by atoms with van der Waals surface area (Å²) < 4.78 is 39.7. The van der Waals surface area contributed by atoms with E-state index >= 15 is 0 Å². The van der Waals surface area contributed by atoms with Crippen LogP contribution in [0.2, 0.25) is 0 Å². The van der Waals surface area contributed by atoms with Crippen molar-refractivity contribution in [2.24, 2.45) is 5.41 Å². The fourth-order valence-electron chi connectivity index (χ4n) is 0.778. The molecule has 0 aliphatic carbocycles. The lowest BCUT2D eigenvalue weighted by molar-refractivity contribution is -0.204. The standard InChI is InChI=1S/C10H19NO3S.C5H9F3/c1-10(2,3)14-9(13)11-6-8(12)7-15(4)5;1-4(2,3)5(6,7)8/h7H,6H2,1-5H3,(H,11,13);1-3H3. The van der Waals surface area contributed by atoms with Crippen LogP contribution in [0.4, 0.5) is 18.0 Å². The van der Waals surface area contributed by atoms with Crippen LogP contribution in [0.5, 0.6) is 0 Å². The van der Waals surface area contributed by atoms with Crippen LogP contribution in [0, 0.1) is 5.41 Å². The number of hydrogen-bond donors (Lipinski definition) is 1. The first kappa shape index (κ1) is 24.2. The van der Waals surface area contributed by atoms with Gasteiger partial charge in [-0.25, -0.2) is 4.79 Å². The van der Waals surface area contributed by atoms with Crippen LogP contribution in [0.25, 0.3) is 0 Å². The zero-order chi connectivity index (χ0) is 19.1. The van der Waals surface area contributed by atoms with Crippen molar-refractivity contribution in [1.82, 2.24) is 5.32 Å². The maximum atomic E-state index is 11.6. The van der Waals surface area contributed by atoms with Crippen molar-refractivity contribution in [2.75, 3.05) is 19.1 Å². The fraction of sp³-hybridized carbons (Fsp3) is 0.800. The number of amides is 1. The van der Waals surface area contributed by atoms with E-state index in [2.05, 4.69) is 5.32 Å². The summed E-state index contributed by atoms with van der Waals surface area (Å²) in [5.41, 5.74) is -2.09. The molecule has 0 atom stereocenters. The number of carbonyl (C=O) groups excluding carboxylic acids is 2. The summed E-state index contributed by atoms with van der Waals surface area (Å²) in [5, 5.41) is 4.00. The van der Waals surface area contributed by atoms with Gasteiger partial charge in [0, 0.05) is 5.37 Å². The van der Waals surface area contributed by atoms with Crippen molar-refractivity contribution in [3.8, 4) is 0 Å². The van der Waals surface area contributed by atoms with Crippen LogP contribution in [0.1, 0.15) is 41.5 Å². The number of carbonyl (C=O) groups is 2. The van der Waals surface area contributed by atoms with Crippen LogP contribution in [0.3, 0.4) is 0 Å². The number of alkyl halides is 3. The summed E-state index contributed by atoms with van der Waals surface area (Å²) in [4.78, 5) is 22.4. The van der Waals surface area contributed by atoms with Gasteiger partial charge in [-0.2, -0.15) is 23.7 Å². The normalized spacial score (nSPS) is 12.2. The molecule has 0 aromatic heterocycles. The molecule has 4 nitrogen and oxygen atoms in total. The van der Waals surface area contributed by atoms with Gasteiger partial charge in [-0.05, 0) is 33.3 Å². The van der Waals surface area contributed by atoms with E-state index in [0.717, 1.165) is 20.8 Å².